The van der Waals surface area contributed by atoms with Crippen molar-refractivity contribution in [1.29, 1.82) is 0 Å². The molecule has 0 radical (unpaired) electrons. The first kappa shape index (κ1) is 15.5. The van der Waals surface area contributed by atoms with E-state index in [1.807, 2.05) is 0 Å². The monoisotopic (exact) mass is 320 g/mol. The van der Waals surface area contributed by atoms with Crippen molar-refractivity contribution in [2.45, 2.75) is 23.8 Å². The third kappa shape index (κ3) is 3.04. The fourth-order valence-electron chi connectivity index (χ4n) is 2.13. The first-order valence-electron chi connectivity index (χ1n) is 6.14. The summed E-state index contributed by atoms with van der Waals surface area (Å²) in [5, 5.41) is 0.161. The van der Waals surface area contributed by atoms with Crippen LogP contribution in [0.25, 0.3) is 0 Å². The van der Waals surface area contributed by atoms with E-state index in [2.05, 4.69) is 10.4 Å². The van der Waals surface area contributed by atoms with Gasteiger partial charge in [0.15, 0.2) is 5.82 Å². The highest BCUT2D eigenvalue weighted by atomic mass is 35.5. The lowest BCUT2D eigenvalue weighted by Gasteiger charge is -2.31. The van der Waals surface area contributed by atoms with Gasteiger partial charge < -0.3 is 10.2 Å². The number of hydrogen-bond acceptors (Lipinski definition) is 6. The van der Waals surface area contributed by atoms with Crippen molar-refractivity contribution in [2.75, 3.05) is 25.6 Å². The van der Waals surface area contributed by atoms with E-state index in [1.165, 1.54) is 16.6 Å². The molecule has 0 amide bonds. The summed E-state index contributed by atoms with van der Waals surface area (Å²) in [6.07, 6.45) is 2.79. The third-order valence-corrected chi connectivity index (χ3v) is 5.38. The number of ether oxygens (including phenoxy) is 1. The Hall–Kier alpha value is -0.930. The Labute approximate surface area is 123 Å². The minimum atomic E-state index is -3.61. The number of halogens is 1. The molecule has 3 N–H and O–H groups in total. The summed E-state index contributed by atoms with van der Waals surface area (Å²) in [5.41, 5.74) is 2.30. The van der Waals surface area contributed by atoms with Gasteiger partial charge in [-0.15, -0.1) is 0 Å². The number of nitrogens with one attached hydrogen (secondary N) is 1. The Kier molecular flexibility index (Phi) is 4.82. The van der Waals surface area contributed by atoms with Crippen LogP contribution in [-0.4, -0.2) is 44.0 Å². The van der Waals surface area contributed by atoms with Crippen LogP contribution in [0.1, 0.15) is 12.8 Å². The molecule has 7 nitrogen and oxygen atoms in total. The molecule has 1 saturated heterocycles. The molecule has 9 heteroatoms. The minimum absolute atomic E-state index is 0.0539. The van der Waals surface area contributed by atoms with Crippen LogP contribution < -0.4 is 11.3 Å². The number of sulfonamides is 1. The molecule has 0 aliphatic carbocycles. The van der Waals surface area contributed by atoms with Crippen LogP contribution in [-0.2, 0) is 14.8 Å². The van der Waals surface area contributed by atoms with Crippen molar-refractivity contribution in [3.63, 3.8) is 0 Å². The molecule has 1 unspecified atom stereocenters. The normalized spacial score (nSPS) is 20.9. The number of aromatic nitrogens is 1. The summed E-state index contributed by atoms with van der Waals surface area (Å²) < 4.78 is 31.7. The molecule has 1 aliphatic rings. The van der Waals surface area contributed by atoms with Crippen molar-refractivity contribution in [1.82, 2.24) is 9.29 Å². The molecule has 1 aromatic rings. The molecule has 1 aromatic heterocycles. The number of anilines is 1. The zero-order valence-electron chi connectivity index (χ0n) is 11.0. The van der Waals surface area contributed by atoms with Crippen molar-refractivity contribution in [3.8, 4) is 0 Å². The number of nitrogens with two attached hydrogens (primary N) is 1. The number of rotatable bonds is 4. The number of nitrogens with zero attached hydrogens (tertiary/aromatic N) is 2. The molecule has 2 rings (SSSR count). The highest BCUT2D eigenvalue weighted by Crippen LogP contribution is 2.26. The van der Waals surface area contributed by atoms with Crippen LogP contribution in [0.5, 0.6) is 0 Å². The van der Waals surface area contributed by atoms with Gasteiger partial charge >= 0.3 is 0 Å². The Balaban J connectivity index is 2.28. The fourth-order valence-corrected chi connectivity index (χ4v) is 3.90. The Morgan fingerprint density at radius 3 is 2.95 bits per heavy atom. The van der Waals surface area contributed by atoms with E-state index in [9.17, 15) is 8.42 Å². The van der Waals surface area contributed by atoms with Crippen LogP contribution in [0.4, 0.5) is 5.82 Å². The Morgan fingerprint density at radius 2 is 2.35 bits per heavy atom. The average molecular weight is 321 g/mol. The van der Waals surface area contributed by atoms with E-state index in [0.29, 0.717) is 13.1 Å². The quantitative estimate of drug-likeness (QED) is 0.629. The molecule has 2 heterocycles. The Morgan fingerprint density at radius 1 is 1.60 bits per heavy atom. The van der Waals surface area contributed by atoms with E-state index < -0.39 is 10.0 Å². The van der Waals surface area contributed by atoms with Gasteiger partial charge in [-0.3, -0.25) is 0 Å². The molecule has 1 aliphatic heterocycles. The molecule has 0 aromatic carbocycles. The van der Waals surface area contributed by atoms with Crippen molar-refractivity contribution >= 4 is 27.4 Å². The number of hydrogen-bond donors (Lipinski definition) is 2. The summed E-state index contributed by atoms with van der Waals surface area (Å²) >= 11 is 5.92. The van der Waals surface area contributed by atoms with Crippen molar-refractivity contribution < 1.29 is 13.2 Å². The number of pyridine rings is 1. The van der Waals surface area contributed by atoms with Crippen LogP contribution in [0.3, 0.4) is 0 Å². The van der Waals surface area contributed by atoms with Crippen molar-refractivity contribution in [3.05, 3.63) is 17.3 Å². The number of piperidine rings is 1. The van der Waals surface area contributed by atoms with Gasteiger partial charge in [0.05, 0.1) is 11.1 Å². The van der Waals surface area contributed by atoms with Gasteiger partial charge in [-0.05, 0) is 18.9 Å². The molecule has 1 fully saturated rings. The standard InChI is InChI=1S/C11H17ClN4O3S/c1-19-8-3-2-4-16(7-8)20(17,18)9-5-10(12)11(15-13)14-6-9/h5-6,8H,2-4,7,13H2,1H3,(H,14,15). The van der Waals surface area contributed by atoms with E-state index in [-0.39, 0.29) is 21.8 Å². The van der Waals surface area contributed by atoms with Crippen molar-refractivity contribution in [2.24, 2.45) is 5.84 Å². The maximum Gasteiger partial charge on any atom is 0.244 e. The predicted molar refractivity (Wildman–Crippen MR) is 75.8 cm³/mol. The molecule has 112 valence electrons. The van der Waals surface area contributed by atoms with E-state index in [4.69, 9.17) is 22.2 Å². The lowest BCUT2D eigenvalue weighted by Crippen LogP contribution is -2.42. The van der Waals surface area contributed by atoms with Crippen LogP contribution in [0.2, 0.25) is 5.02 Å². The van der Waals surface area contributed by atoms with Gasteiger partial charge in [0, 0.05) is 26.4 Å². The van der Waals surface area contributed by atoms with Gasteiger partial charge in [0.25, 0.3) is 0 Å². The first-order chi connectivity index (χ1) is 9.48. The molecule has 0 saturated carbocycles. The second-order valence-corrected chi connectivity index (χ2v) is 6.85. The predicted octanol–water partition coefficient (Wildman–Crippen LogP) is 0.820. The molecule has 0 bridgehead atoms. The van der Waals surface area contributed by atoms with Gasteiger partial charge in [-0.1, -0.05) is 11.6 Å². The van der Waals surface area contributed by atoms with Crippen LogP contribution >= 0.6 is 11.6 Å². The van der Waals surface area contributed by atoms with Gasteiger partial charge in [-0.25, -0.2) is 19.2 Å². The maximum atomic E-state index is 12.5. The van der Waals surface area contributed by atoms with Crippen LogP contribution in [0, 0.1) is 0 Å². The highest BCUT2D eigenvalue weighted by Gasteiger charge is 2.30. The zero-order chi connectivity index (χ0) is 14.8. The second kappa shape index (κ2) is 6.23. The minimum Gasteiger partial charge on any atom is -0.380 e. The number of methoxy groups -OCH3 is 1. The zero-order valence-corrected chi connectivity index (χ0v) is 12.6. The molecule has 20 heavy (non-hydrogen) atoms. The van der Waals surface area contributed by atoms with Crippen LogP contribution in [0.15, 0.2) is 17.2 Å². The second-order valence-electron chi connectivity index (χ2n) is 4.51. The summed E-state index contributed by atoms with van der Waals surface area (Å²) in [6.45, 7) is 0.810. The molecule has 0 spiro atoms. The number of hydrazine groups is 1. The Bertz CT molecular complexity index is 581. The average Bonchev–Trinajstić information content (AvgIpc) is 2.47. The lowest BCUT2D eigenvalue weighted by atomic mass is 10.1. The largest absolute Gasteiger partial charge is 0.380 e. The van der Waals surface area contributed by atoms with Gasteiger partial charge in [-0.2, -0.15) is 4.31 Å². The molecular weight excluding hydrogens is 304 g/mol. The highest BCUT2D eigenvalue weighted by molar-refractivity contribution is 7.89. The summed E-state index contributed by atoms with van der Waals surface area (Å²) in [4.78, 5) is 3.95. The van der Waals surface area contributed by atoms with E-state index >= 15 is 0 Å². The third-order valence-electron chi connectivity index (χ3n) is 3.26. The maximum absolute atomic E-state index is 12.5. The lowest BCUT2D eigenvalue weighted by molar-refractivity contribution is 0.0572. The van der Waals surface area contributed by atoms with Gasteiger partial charge in [0.2, 0.25) is 10.0 Å². The fraction of sp³-hybridized carbons (Fsp3) is 0.545. The summed E-state index contributed by atoms with van der Waals surface area (Å²) in [6, 6.07) is 1.34. The molecular formula is C11H17ClN4O3S. The summed E-state index contributed by atoms with van der Waals surface area (Å²) in [5.74, 6) is 5.45. The topological polar surface area (TPSA) is 97.5 Å². The smallest absolute Gasteiger partial charge is 0.244 e. The van der Waals surface area contributed by atoms with E-state index in [1.54, 1.807) is 7.11 Å². The van der Waals surface area contributed by atoms with Gasteiger partial charge in [0.1, 0.15) is 4.90 Å². The molecule has 1 atom stereocenters. The van der Waals surface area contributed by atoms with E-state index in [0.717, 1.165) is 12.8 Å². The first-order valence-corrected chi connectivity index (χ1v) is 7.96. The summed E-state index contributed by atoms with van der Waals surface area (Å²) in [7, 11) is -2.03. The number of nitrogen functional groups attached to an aromatic ring is 1. The SMILES string of the molecule is COC1CCCN(S(=O)(=O)c2cnc(NN)c(Cl)c2)C1.